The fourth-order valence-corrected chi connectivity index (χ4v) is 5.21. The van der Waals surface area contributed by atoms with Gasteiger partial charge in [0.25, 0.3) is 0 Å². The molecular formula is C27H20F6N8O6S. The van der Waals surface area contributed by atoms with Crippen molar-refractivity contribution in [2.24, 2.45) is 15.9 Å². The van der Waals surface area contributed by atoms with E-state index in [0.29, 0.717) is 18.2 Å². The van der Waals surface area contributed by atoms with Crippen molar-refractivity contribution in [2.45, 2.75) is 24.2 Å². The van der Waals surface area contributed by atoms with Gasteiger partial charge < -0.3 is 16.1 Å². The van der Waals surface area contributed by atoms with E-state index in [4.69, 9.17) is 16.1 Å². The number of sulfonamides is 1. The minimum absolute atomic E-state index is 0.0491. The van der Waals surface area contributed by atoms with Crippen molar-refractivity contribution in [3.63, 3.8) is 0 Å². The van der Waals surface area contributed by atoms with E-state index in [1.54, 1.807) is 0 Å². The second-order valence-corrected chi connectivity index (χ2v) is 11.2. The molecule has 0 aliphatic rings. The van der Waals surface area contributed by atoms with Gasteiger partial charge in [-0.2, -0.15) is 31.4 Å². The summed E-state index contributed by atoms with van der Waals surface area (Å²) in [6, 6.07) is 6.44. The number of pyridine rings is 1. The van der Waals surface area contributed by atoms with Crippen molar-refractivity contribution in [3.05, 3.63) is 82.7 Å². The summed E-state index contributed by atoms with van der Waals surface area (Å²) in [4.78, 5) is 30.2. The molecule has 2 aromatic carbocycles. The highest BCUT2D eigenvalue weighted by atomic mass is 32.2. The van der Waals surface area contributed by atoms with Gasteiger partial charge in [0, 0.05) is 6.54 Å². The third-order valence-corrected chi connectivity index (χ3v) is 7.80. The van der Waals surface area contributed by atoms with Gasteiger partial charge in [0.1, 0.15) is 11.4 Å². The summed E-state index contributed by atoms with van der Waals surface area (Å²) in [5, 5.41) is 29.3. The summed E-state index contributed by atoms with van der Waals surface area (Å²) < 4.78 is 110. The number of carboxylic acid groups (broad SMARTS) is 2. The number of nitrogens with two attached hydrogens (primary N) is 1. The summed E-state index contributed by atoms with van der Waals surface area (Å²) >= 11 is 0. The molecule has 0 saturated heterocycles. The topological polar surface area (TPSA) is 215 Å². The monoisotopic (exact) mass is 698 g/mol. The summed E-state index contributed by atoms with van der Waals surface area (Å²) in [6.45, 7) is 1.44. The quantitative estimate of drug-likeness (QED) is 0.0804. The van der Waals surface area contributed by atoms with Crippen molar-refractivity contribution in [1.29, 1.82) is 0 Å². The molecule has 0 spiro atoms. The van der Waals surface area contributed by atoms with Gasteiger partial charge in [-0.05, 0) is 48.5 Å². The Balaban J connectivity index is 1.81. The SMILES string of the molecule is CCNS(=O)(=O)c1cc(/C(C=Nc2ccc(C(=O)O)c(C(F)(F)F)c2)=N/N)nc(-c2cn(-c3ccc(C(=O)O)c(C(F)(F)F)c3)nn2)c1. The fourth-order valence-electron chi connectivity index (χ4n) is 4.13. The van der Waals surface area contributed by atoms with Gasteiger partial charge in [-0.3, -0.25) is 4.99 Å². The number of halogens is 6. The van der Waals surface area contributed by atoms with Crippen LogP contribution in [0.3, 0.4) is 0 Å². The average Bonchev–Trinajstić information content (AvgIpc) is 3.50. The highest BCUT2D eigenvalue weighted by molar-refractivity contribution is 7.89. The van der Waals surface area contributed by atoms with Crippen LogP contribution in [0, 0.1) is 0 Å². The lowest BCUT2D eigenvalue weighted by Crippen LogP contribution is -2.24. The first-order chi connectivity index (χ1) is 22.3. The third kappa shape index (κ3) is 7.63. The number of benzene rings is 2. The maximum Gasteiger partial charge on any atom is 0.417 e. The zero-order chi connectivity index (χ0) is 35.6. The van der Waals surface area contributed by atoms with Gasteiger partial charge in [0.15, 0.2) is 0 Å². The molecule has 0 saturated carbocycles. The molecule has 0 radical (unpaired) electrons. The minimum Gasteiger partial charge on any atom is -0.478 e. The smallest absolute Gasteiger partial charge is 0.417 e. The molecule has 0 bridgehead atoms. The average molecular weight is 699 g/mol. The summed E-state index contributed by atoms with van der Waals surface area (Å²) in [5.41, 5.74) is -6.71. The van der Waals surface area contributed by atoms with Crippen LogP contribution in [0.15, 0.2) is 69.7 Å². The molecule has 2 heterocycles. The van der Waals surface area contributed by atoms with E-state index in [9.17, 15) is 44.3 Å². The molecule has 0 atom stereocenters. The Labute approximate surface area is 265 Å². The second-order valence-electron chi connectivity index (χ2n) is 9.46. The zero-order valence-corrected chi connectivity index (χ0v) is 24.8. The van der Waals surface area contributed by atoms with Crippen LogP contribution in [0.5, 0.6) is 0 Å². The van der Waals surface area contributed by atoms with Crippen molar-refractivity contribution < 1.29 is 54.6 Å². The molecule has 0 aliphatic carbocycles. The molecule has 4 aromatic rings. The number of alkyl halides is 6. The summed E-state index contributed by atoms with van der Waals surface area (Å²) in [5.74, 6) is 1.83. The molecule has 0 aliphatic heterocycles. The number of aromatic nitrogens is 4. The van der Waals surface area contributed by atoms with Crippen molar-refractivity contribution >= 4 is 39.6 Å². The minimum atomic E-state index is -5.04. The van der Waals surface area contributed by atoms with E-state index in [0.717, 1.165) is 47.4 Å². The predicted molar refractivity (Wildman–Crippen MR) is 155 cm³/mol. The Morgan fingerprint density at radius 2 is 1.54 bits per heavy atom. The largest absolute Gasteiger partial charge is 0.478 e. The van der Waals surface area contributed by atoms with Crippen LogP contribution in [0.25, 0.3) is 17.1 Å². The molecule has 4 rings (SSSR count). The normalized spacial score (nSPS) is 12.9. The van der Waals surface area contributed by atoms with Gasteiger partial charge in [-0.25, -0.2) is 32.4 Å². The van der Waals surface area contributed by atoms with Crippen LogP contribution in [0.1, 0.15) is 44.5 Å². The lowest BCUT2D eigenvalue weighted by atomic mass is 10.1. The second kappa shape index (κ2) is 13.2. The first-order valence-corrected chi connectivity index (χ1v) is 14.5. The number of carbonyl (C=O) groups is 2. The van der Waals surface area contributed by atoms with Gasteiger partial charge in [0.05, 0.1) is 62.3 Å². The van der Waals surface area contributed by atoms with Gasteiger partial charge in [-0.1, -0.05) is 12.1 Å². The first kappa shape index (κ1) is 35.2. The molecular weight excluding hydrogens is 678 g/mol. The standard InChI is InChI=1S/C27H20F6N8O6S/c1-2-36-48(46,47)15-9-20(22(38-34)11-35-13-3-5-16(24(42)43)18(7-13)26(28,29)30)37-21(10-15)23-12-41(40-39-23)14-4-6-17(25(44)45)19(8-14)27(31,32)33/h3-12,36H,2,34H2,1H3,(H,42,43)(H,44,45)/b35-11?,38-22+. The van der Waals surface area contributed by atoms with Crippen molar-refractivity contribution in [3.8, 4) is 17.1 Å². The predicted octanol–water partition coefficient (Wildman–Crippen LogP) is 4.13. The Bertz CT molecular complexity index is 2080. The van der Waals surface area contributed by atoms with Crippen LogP contribution in [-0.4, -0.2) is 69.0 Å². The van der Waals surface area contributed by atoms with E-state index in [-0.39, 0.29) is 40.7 Å². The Hall–Kier alpha value is -5.70. The van der Waals surface area contributed by atoms with Crippen LogP contribution in [0.2, 0.25) is 0 Å². The molecule has 48 heavy (non-hydrogen) atoms. The van der Waals surface area contributed by atoms with E-state index < -0.39 is 61.5 Å². The molecule has 0 amide bonds. The number of rotatable bonds is 10. The lowest BCUT2D eigenvalue weighted by Gasteiger charge is -2.12. The molecule has 21 heteroatoms. The third-order valence-electron chi connectivity index (χ3n) is 6.28. The van der Waals surface area contributed by atoms with Crippen LogP contribution in [0.4, 0.5) is 32.0 Å². The number of hydrazone groups is 1. The molecule has 0 unspecified atom stereocenters. The number of nitrogens with one attached hydrogen (secondary N) is 1. The van der Waals surface area contributed by atoms with E-state index >= 15 is 0 Å². The number of hydrogen-bond donors (Lipinski definition) is 4. The molecule has 2 aromatic heterocycles. The maximum atomic E-state index is 13.6. The Kier molecular flexibility index (Phi) is 9.66. The van der Waals surface area contributed by atoms with E-state index in [1.165, 1.54) is 6.92 Å². The number of hydrogen-bond acceptors (Lipinski definition) is 10. The molecule has 252 valence electrons. The Morgan fingerprint density at radius 1 is 0.938 bits per heavy atom. The first-order valence-electron chi connectivity index (χ1n) is 13.0. The summed E-state index contributed by atoms with van der Waals surface area (Å²) in [7, 11) is -4.23. The highest BCUT2D eigenvalue weighted by Crippen LogP contribution is 2.35. The van der Waals surface area contributed by atoms with Crippen molar-refractivity contribution in [2.75, 3.05) is 6.54 Å². The van der Waals surface area contributed by atoms with E-state index in [1.807, 2.05) is 0 Å². The maximum absolute atomic E-state index is 13.6. The van der Waals surface area contributed by atoms with Gasteiger partial charge >= 0.3 is 24.3 Å². The lowest BCUT2D eigenvalue weighted by molar-refractivity contribution is -0.138. The van der Waals surface area contributed by atoms with Gasteiger partial charge in [0.2, 0.25) is 10.0 Å². The van der Waals surface area contributed by atoms with Crippen LogP contribution < -0.4 is 10.6 Å². The number of nitrogens with zero attached hydrogens (tertiary/aromatic N) is 6. The Morgan fingerprint density at radius 3 is 2.10 bits per heavy atom. The summed E-state index contributed by atoms with van der Waals surface area (Å²) in [6.07, 6.45) is -8.17. The fraction of sp³-hybridized carbons (Fsp3) is 0.148. The van der Waals surface area contributed by atoms with E-state index in [2.05, 4.69) is 30.1 Å². The number of aromatic carboxylic acids is 2. The molecule has 5 N–H and O–H groups in total. The van der Waals surface area contributed by atoms with Crippen LogP contribution in [-0.2, 0) is 22.4 Å². The van der Waals surface area contributed by atoms with Crippen molar-refractivity contribution in [1.82, 2.24) is 24.7 Å². The molecule has 14 nitrogen and oxygen atoms in total. The zero-order valence-electron chi connectivity index (χ0n) is 23.9. The van der Waals surface area contributed by atoms with Gasteiger partial charge in [-0.15, -0.1) is 5.10 Å². The molecule has 0 fully saturated rings. The number of aliphatic imine (C=N–C) groups is 1. The van der Waals surface area contributed by atoms with Crippen LogP contribution >= 0.6 is 0 Å². The number of carboxylic acids is 2. The highest BCUT2D eigenvalue weighted by Gasteiger charge is 2.37.